The molecule has 0 aliphatic heterocycles. The normalized spacial score (nSPS) is 10.9. The van der Waals surface area contributed by atoms with Crippen LogP contribution in [0.25, 0.3) is 17.0 Å². The van der Waals surface area contributed by atoms with Gasteiger partial charge < -0.3 is 5.32 Å². The van der Waals surface area contributed by atoms with Crippen molar-refractivity contribution in [1.29, 1.82) is 0 Å². The number of nitrogens with one attached hydrogen (secondary N) is 1. The Labute approximate surface area is 122 Å². The molecule has 4 heteroatoms. The lowest BCUT2D eigenvalue weighted by atomic mass is 10.2. The monoisotopic (exact) mass is 275 g/mol. The summed E-state index contributed by atoms with van der Waals surface area (Å²) in [6.07, 6.45) is 8.35. The van der Waals surface area contributed by atoms with Crippen LogP contribution >= 0.6 is 0 Å². The zero-order valence-corrected chi connectivity index (χ0v) is 11.2. The molecule has 21 heavy (non-hydrogen) atoms. The van der Waals surface area contributed by atoms with Crippen molar-refractivity contribution in [3.05, 3.63) is 72.7 Å². The van der Waals surface area contributed by atoms with Gasteiger partial charge in [-0.05, 0) is 42.0 Å². The Bertz CT molecular complexity index is 792. The molecule has 2 heterocycles. The maximum absolute atomic E-state index is 12.0. The van der Waals surface area contributed by atoms with Crippen LogP contribution in [-0.4, -0.2) is 15.9 Å². The maximum Gasteiger partial charge on any atom is 0.248 e. The van der Waals surface area contributed by atoms with Crippen LogP contribution < -0.4 is 5.32 Å². The third-order valence-electron chi connectivity index (χ3n) is 3.02. The molecular formula is C17H13N3O. The molecule has 1 aromatic carbocycles. The van der Waals surface area contributed by atoms with Gasteiger partial charge in [0.2, 0.25) is 5.91 Å². The molecule has 0 fully saturated rings. The number of hydrogen-bond acceptors (Lipinski definition) is 3. The third kappa shape index (κ3) is 3.12. The first-order valence-electron chi connectivity index (χ1n) is 6.56. The summed E-state index contributed by atoms with van der Waals surface area (Å²) in [6.45, 7) is 0. The maximum atomic E-state index is 12.0. The van der Waals surface area contributed by atoms with Crippen LogP contribution in [0.1, 0.15) is 5.56 Å². The van der Waals surface area contributed by atoms with Gasteiger partial charge in [0.15, 0.2) is 0 Å². The van der Waals surface area contributed by atoms with Crippen molar-refractivity contribution < 1.29 is 4.79 Å². The SMILES string of the molecule is O=C(C=Cc1cccnc1)Nc1cccc2ncccc12. The van der Waals surface area contributed by atoms with Crippen LogP contribution in [-0.2, 0) is 4.79 Å². The lowest BCUT2D eigenvalue weighted by Crippen LogP contribution is -2.08. The van der Waals surface area contributed by atoms with E-state index in [0.717, 1.165) is 22.2 Å². The molecule has 0 bridgehead atoms. The highest BCUT2D eigenvalue weighted by Crippen LogP contribution is 2.21. The van der Waals surface area contributed by atoms with E-state index in [4.69, 9.17) is 0 Å². The summed E-state index contributed by atoms with van der Waals surface area (Å²) in [6, 6.07) is 13.1. The van der Waals surface area contributed by atoms with Gasteiger partial charge in [0.1, 0.15) is 0 Å². The summed E-state index contributed by atoms with van der Waals surface area (Å²) < 4.78 is 0. The standard InChI is InChI=1S/C17H13N3O/c21-17(9-8-13-4-2-10-18-12-13)20-16-7-1-6-15-14(16)5-3-11-19-15/h1-12H,(H,20,21). The van der Waals surface area contributed by atoms with Gasteiger partial charge in [0.25, 0.3) is 0 Å². The molecule has 1 amide bonds. The second-order valence-corrected chi connectivity index (χ2v) is 4.48. The van der Waals surface area contributed by atoms with E-state index in [2.05, 4.69) is 15.3 Å². The average Bonchev–Trinajstić information content (AvgIpc) is 2.54. The molecule has 0 saturated carbocycles. The fourth-order valence-electron chi connectivity index (χ4n) is 2.03. The predicted octanol–water partition coefficient (Wildman–Crippen LogP) is 3.28. The molecular weight excluding hydrogens is 262 g/mol. The van der Waals surface area contributed by atoms with E-state index >= 15 is 0 Å². The van der Waals surface area contributed by atoms with Crippen LogP contribution in [0.4, 0.5) is 5.69 Å². The van der Waals surface area contributed by atoms with Crippen LogP contribution in [0.2, 0.25) is 0 Å². The molecule has 0 saturated heterocycles. The van der Waals surface area contributed by atoms with Gasteiger partial charge in [0.05, 0.1) is 11.2 Å². The molecule has 0 spiro atoms. The van der Waals surface area contributed by atoms with E-state index in [0.29, 0.717) is 0 Å². The summed E-state index contributed by atoms with van der Waals surface area (Å²) in [7, 11) is 0. The topological polar surface area (TPSA) is 54.9 Å². The highest BCUT2D eigenvalue weighted by Gasteiger charge is 2.03. The Morgan fingerprint density at radius 3 is 2.81 bits per heavy atom. The predicted molar refractivity (Wildman–Crippen MR) is 83.6 cm³/mol. The fraction of sp³-hybridized carbons (Fsp3) is 0. The number of carbonyl (C=O) groups excluding carboxylic acids is 1. The van der Waals surface area contributed by atoms with Crippen molar-refractivity contribution in [2.45, 2.75) is 0 Å². The van der Waals surface area contributed by atoms with Gasteiger partial charge in [-0.2, -0.15) is 0 Å². The van der Waals surface area contributed by atoms with Gasteiger partial charge in [-0.3, -0.25) is 14.8 Å². The zero-order valence-electron chi connectivity index (χ0n) is 11.2. The Hall–Kier alpha value is -3.01. The number of pyridine rings is 2. The van der Waals surface area contributed by atoms with Crippen molar-refractivity contribution in [2.75, 3.05) is 5.32 Å². The Morgan fingerprint density at radius 1 is 1.05 bits per heavy atom. The van der Waals surface area contributed by atoms with Crippen molar-refractivity contribution in [3.8, 4) is 0 Å². The molecule has 3 aromatic rings. The van der Waals surface area contributed by atoms with Crippen LogP contribution in [0.15, 0.2) is 67.1 Å². The van der Waals surface area contributed by atoms with Crippen LogP contribution in [0.5, 0.6) is 0 Å². The second kappa shape index (κ2) is 5.96. The minimum atomic E-state index is -0.185. The molecule has 4 nitrogen and oxygen atoms in total. The molecule has 0 atom stereocenters. The zero-order chi connectivity index (χ0) is 14.5. The molecule has 1 N–H and O–H groups in total. The average molecular weight is 275 g/mol. The Morgan fingerprint density at radius 2 is 1.95 bits per heavy atom. The summed E-state index contributed by atoms with van der Waals surface area (Å²) >= 11 is 0. The number of rotatable bonds is 3. The molecule has 102 valence electrons. The lowest BCUT2D eigenvalue weighted by Gasteiger charge is -2.06. The summed E-state index contributed by atoms with van der Waals surface area (Å²) in [5.41, 5.74) is 2.49. The number of nitrogens with zero attached hydrogens (tertiary/aromatic N) is 2. The number of carbonyl (C=O) groups is 1. The number of benzene rings is 1. The number of anilines is 1. The minimum Gasteiger partial charge on any atom is -0.322 e. The van der Waals surface area contributed by atoms with Gasteiger partial charge in [-0.15, -0.1) is 0 Å². The molecule has 0 unspecified atom stereocenters. The van der Waals surface area contributed by atoms with Crippen molar-refractivity contribution in [2.24, 2.45) is 0 Å². The first kappa shape index (κ1) is 13.0. The highest BCUT2D eigenvalue weighted by atomic mass is 16.1. The highest BCUT2D eigenvalue weighted by molar-refractivity contribution is 6.06. The minimum absolute atomic E-state index is 0.185. The van der Waals surface area contributed by atoms with Crippen LogP contribution in [0, 0.1) is 0 Å². The lowest BCUT2D eigenvalue weighted by molar-refractivity contribution is -0.111. The van der Waals surface area contributed by atoms with Gasteiger partial charge in [-0.25, -0.2) is 0 Å². The van der Waals surface area contributed by atoms with E-state index in [1.807, 2.05) is 42.5 Å². The van der Waals surface area contributed by atoms with Crippen molar-refractivity contribution >= 4 is 28.6 Å². The largest absolute Gasteiger partial charge is 0.322 e. The molecule has 0 aliphatic carbocycles. The number of hydrogen-bond donors (Lipinski definition) is 1. The molecule has 2 aromatic heterocycles. The van der Waals surface area contributed by atoms with E-state index < -0.39 is 0 Å². The number of fused-ring (bicyclic) bond motifs is 1. The Balaban J connectivity index is 1.79. The first-order valence-corrected chi connectivity index (χ1v) is 6.56. The third-order valence-corrected chi connectivity index (χ3v) is 3.02. The fourth-order valence-corrected chi connectivity index (χ4v) is 2.03. The van der Waals surface area contributed by atoms with E-state index in [1.165, 1.54) is 6.08 Å². The van der Waals surface area contributed by atoms with E-state index in [1.54, 1.807) is 24.7 Å². The van der Waals surface area contributed by atoms with Gasteiger partial charge in [-0.1, -0.05) is 12.1 Å². The van der Waals surface area contributed by atoms with E-state index in [9.17, 15) is 4.79 Å². The quantitative estimate of drug-likeness (QED) is 0.746. The summed E-state index contributed by atoms with van der Waals surface area (Å²) in [4.78, 5) is 20.3. The second-order valence-electron chi connectivity index (χ2n) is 4.48. The summed E-state index contributed by atoms with van der Waals surface area (Å²) in [5, 5.41) is 3.79. The van der Waals surface area contributed by atoms with E-state index in [-0.39, 0.29) is 5.91 Å². The van der Waals surface area contributed by atoms with Gasteiger partial charge >= 0.3 is 0 Å². The number of amides is 1. The smallest absolute Gasteiger partial charge is 0.248 e. The van der Waals surface area contributed by atoms with Crippen molar-refractivity contribution in [1.82, 2.24) is 9.97 Å². The molecule has 0 aliphatic rings. The van der Waals surface area contributed by atoms with Crippen molar-refractivity contribution in [3.63, 3.8) is 0 Å². The van der Waals surface area contributed by atoms with Gasteiger partial charge in [0, 0.05) is 30.1 Å². The Kier molecular flexibility index (Phi) is 3.69. The first-order chi connectivity index (χ1) is 10.3. The molecule has 0 radical (unpaired) electrons. The summed E-state index contributed by atoms with van der Waals surface area (Å²) in [5.74, 6) is -0.185. The van der Waals surface area contributed by atoms with Crippen LogP contribution in [0.3, 0.4) is 0 Å². The molecule has 3 rings (SSSR count). The number of aromatic nitrogens is 2.